The fourth-order valence-corrected chi connectivity index (χ4v) is 8.88. The van der Waals surface area contributed by atoms with Crippen LogP contribution in [0.2, 0.25) is 0 Å². The molecule has 4 aromatic rings. The van der Waals surface area contributed by atoms with Gasteiger partial charge in [-0.25, -0.2) is 0 Å². The molecule has 17 heteroatoms. The summed E-state index contributed by atoms with van der Waals surface area (Å²) in [6.45, 7) is 11.0. The first kappa shape index (κ1) is 58.6. The molecule has 3 fully saturated rings. The molecule has 1 unspecified atom stereocenters. The Hall–Kier alpha value is -6.70. The highest BCUT2D eigenvalue weighted by Crippen LogP contribution is 2.23. The Morgan fingerprint density at radius 3 is 1.29 bits per heavy atom. The number of benzene rings is 4. The zero-order chi connectivity index (χ0) is 54.7. The lowest BCUT2D eigenvalue weighted by molar-refractivity contribution is -0.174. The van der Waals surface area contributed by atoms with Crippen LogP contribution >= 0.6 is 0 Å². The number of ether oxygens (including phenoxy) is 4. The van der Waals surface area contributed by atoms with Crippen LogP contribution in [-0.2, 0) is 51.2 Å². The minimum atomic E-state index is -1.81. The van der Waals surface area contributed by atoms with Gasteiger partial charge in [0.15, 0.2) is 28.9 Å². The predicted octanol–water partition coefficient (Wildman–Crippen LogP) is 5.21. The number of carbonyl (C=O) groups is 6. The van der Waals surface area contributed by atoms with E-state index in [1.165, 1.54) is 58.1 Å². The molecule has 4 aromatic carbocycles. The molecule has 3 aliphatic rings. The van der Waals surface area contributed by atoms with E-state index in [0.29, 0.717) is 24.2 Å². The van der Waals surface area contributed by atoms with Crippen molar-refractivity contribution in [1.82, 2.24) is 30.2 Å². The van der Waals surface area contributed by atoms with Crippen molar-refractivity contribution in [3.63, 3.8) is 0 Å². The van der Waals surface area contributed by atoms with Crippen molar-refractivity contribution in [2.75, 3.05) is 101 Å². The summed E-state index contributed by atoms with van der Waals surface area (Å²) in [5, 5.41) is 14.2. The first-order valence-electron chi connectivity index (χ1n) is 25.9. The van der Waals surface area contributed by atoms with Crippen LogP contribution in [0, 0.1) is 0 Å². The van der Waals surface area contributed by atoms with Crippen LogP contribution in [0.25, 0.3) is 24.3 Å². The predicted molar refractivity (Wildman–Crippen MR) is 292 cm³/mol. The molecule has 3 heterocycles. The highest BCUT2D eigenvalue weighted by atomic mass is 16.7. The Morgan fingerprint density at radius 1 is 0.579 bits per heavy atom. The molecule has 0 radical (unpaired) electrons. The second kappa shape index (κ2) is 28.4. The van der Waals surface area contributed by atoms with Gasteiger partial charge in [-0.2, -0.15) is 0 Å². The lowest BCUT2D eigenvalue weighted by atomic mass is 9.92. The van der Waals surface area contributed by atoms with Crippen molar-refractivity contribution in [1.29, 1.82) is 0 Å². The molecule has 406 valence electrons. The standard InChI is InChI=1S/C32H41N3O6.C27H33N3O5/c1-32(31(38)33-2,28(36)23-41-29-6-4-5-19-40-29)34(3)30(37)27-15-13-25(14-16-27)8-7-24-9-11-26(12-10-24)22-35-17-20-39-21-18-35;1-27(24(32)19-31,26(34)28-2)29(3)25(33)23-12-10-21(11-13-23)5-4-20-6-8-22(9-7-20)18-30-14-16-35-17-15-30/h7-16,29H,4-6,17-23H2,1-3H3,(H,33,38);4-13,31H,14-19H2,1-3H3,(H,28,34)/b8-7+;5-4+/t29?,32-;27-/m11/s1. The summed E-state index contributed by atoms with van der Waals surface area (Å²) < 4.78 is 22.0. The Morgan fingerprint density at radius 2 is 0.947 bits per heavy atom. The van der Waals surface area contributed by atoms with E-state index in [-0.39, 0.29) is 6.61 Å². The minimum absolute atomic E-state index is 0.329. The average Bonchev–Trinajstić information content (AvgIpc) is 3.47. The minimum Gasteiger partial charge on any atom is -0.388 e. The maximum Gasteiger partial charge on any atom is 0.254 e. The van der Waals surface area contributed by atoms with Crippen molar-refractivity contribution in [3.05, 3.63) is 142 Å². The van der Waals surface area contributed by atoms with Crippen LogP contribution in [0.1, 0.15) is 87.2 Å². The van der Waals surface area contributed by atoms with Gasteiger partial charge in [-0.15, -0.1) is 0 Å². The van der Waals surface area contributed by atoms with E-state index in [9.17, 15) is 33.9 Å². The number of amides is 4. The van der Waals surface area contributed by atoms with Gasteiger partial charge in [0.05, 0.1) is 26.4 Å². The summed E-state index contributed by atoms with van der Waals surface area (Å²) in [5.74, 6) is -3.46. The molecular weight excluding hydrogens is 969 g/mol. The van der Waals surface area contributed by atoms with Gasteiger partial charge < -0.3 is 44.5 Å². The van der Waals surface area contributed by atoms with E-state index in [1.807, 2.05) is 36.4 Å². The summed E-state index contributed by atoms with van der Waals surface area (Å²) in [5.41, 5.74) is 3.66. The third kappa shape index (κ3) is 15.5. The SMILES string of the molecule is CNC(=O)[C@@](C)(C(=O)CO)N(C)C(=O)c1ccc(/C=C/c2ccc(CN3CCOCC3)cc2)cc1.CNC(=O)[C@@](C)(C(=O)COC1CCCCO1)N(C)C(=O)c1ccc(/C=C/c2ccc(CN3CCOCC3)cc2)cc1. The number of carbonyl (C=O) groups excluding carboxylic acids is 6. The van der Waals surface area contributed by atoms with Crippen LogP contribution in [-0.4, -0.2) is 178 Å². The van der Waals surface area contributed by atoms with Gasteiger partial charge >= 0.3 is 0 Å². The fourth-order valence-electron chi connectivity index (χ4n) is 8.88. The zero-order valence-electron chi connectivity index (χ0n) is 44.8. The van der Waals surface area contributed by atoms with Gasteiger partial charge in [-0.1, -0.05) is 97.1 Å². The number of hydrogen-bond acceptors (Lipinski definition) is 13. The highest BCUT2D eigenvalue weighted by Gasteiger charge is 2.47. The number of likely N-dealkylation sites (N-methyl/N-ethyl adjacent to an activating group) is 4. The van der Waals surface area contributed by atoms with Crippen molar-refractivity contribution in [2.24, 2.45) is 0 Å². The molecule has 0 aliphatic carbocycles. The Labute approximate surface area is 446 Å². The molecular formula is C59H74N6O11. The number of nitrogens with one attached hydrogen (secondary N) is 2. The highest BCUT2D eigenvalue weighted by molar-refractivity contribution is 6.15. The number of rotatable bonds is 20. The van der Waals surface area contributed by atoms with Gasteiger partial charge in [0, 0.05) is 85.2 Å². The first-order chi connectivity index (χ1) is 36.6. The maximum atomic E-state index is 13.4. The third-order valence-corrected chi connectivity index (χ3v) is 14.3. The summed E-state index contributed by atoms with van der Waals surface area (Å²) >= 11 is 0. The second-order valence-corrected chi connectivity index (χ2v) is 19.3. The molecule has 3 atom stereocenters. The van der Waals surface area contributed by atoms with Crippen LogP contribution in [0.4, 0.5) is 0 Å². The van der Waals surface area contributed by atoms with Gasteiger partial charge in [0.2, 0.25) is 0 Å². The number of aliphatic hydroxyl groups excluding tert-OH is 1. The third-order valence-electron chi connectivity index (χ3n) is 14.3. The van der Waals surface area contributed by atoms with E-state index in [4.69, 9.17) is 18.9 Å². The molecule has 3 saturated heterocycles. The monoisotopic (exact) mass is 1040 g/mol. The molecule has 17 nitrogen and oxygen atoms in total. The van der Waals surface area contributed by atoms with Crippen LogP contribution in [0.15, 0.2) is 97.1 Å². The molecule has 7 rings (SSSR count). The van der Waals surface area contributed by atoms with E-state index in [0.717, 1.165) is 106 Å². The number of aliphatic hydroxyl groups is 1. The molecule has 0 spiro atoms. The van der Waals surface area contributed by atoms with Gasteiger partial charge in [-0.3, -0.25) is 38.6 Å². The normalized spacial score (nSPS) is 17.9. The van der Waals surface area contributed by atoms with Gasteiger partial charge in [-0.05, 0) is 90.8 Å². The van der Waals surface area contributed by atoms with Crippen molar-refractivity contribution in [2.45, 2.75) is 63.6 Å². The van der Waals surface area contributed by atoms with E-state index in [2.05, 4.69) is 69.0 Å². The van der Waals surface area contributed by atoms with Gasteiger partial charge in [0.1, 0.15) is 13.2 Å². The molecule has 0 aromatic heterocycles. The zero-order valence-corrected chi connectivity index (χ0v) is 44.8. The summed E-state index contributed by atoms with van der Waals surface area (Å²) in [6.07, 6.45) is 10.1. The molecule has 76 heavy (non-hydrogen) atoms. The smallest absolute Gasteiger partial charge is 0.254 e. The Balaban J connectivity index is 0.000000250. The molecule has 0 saturated carbocycles. The number of hydrogen-bond donors (Lipinski definition) is 3. The van der Waals surface area contributed by atoms with Crippen LogP contribution < -0.4 is 10.6 Å². The van der Waals surface area contributed by atoms with Gasteiger partial charge in [0.25, 0.3) is 23.6 Å². The number of ketones is 2. The molecule has 3 N–H and O–H groups in total. The molecule has 0 bridgehead atoms. The summed E-state index contributed by atoms with van der Waals surface area (Å²) in [7, 11) is 5.66. The summed E-state index contributed by atoms with van der Waals surface area (Å²) in [4.78, 5) is 84.1. The Kier molecular flexibility index (Phi) is 21.9. The maximum absolute atomic E-state index is 13.4. The average molecular weight is 1040 g/mol. The molecule has 4 amide bonds. The Bertz CT molecular complexity index is 2610. The van der Waals surface area contributed by atoms with Crippen LogP contribution in [0.3, 0.4) is 0 Å². The van der Waals surface area contributed by atoms with E-state index >= 15 is 0 Å². The van der Waals surface area contributed by atoms with Crippen LogP contribution in [0.5, 0.6) is 0 Å². The van der Waals surface area contributed by atoms with Crippen molar-refractivity contribution < 1.29 is 52.8 Å². The number of morpholine rings is 2. The number of nitrogens with zero attached hydrogens (tertiary/aromatic N) is 4. The van der Waals surface area contributed by atoms with E-state index in [1.54, 1.807) is 36.4 Å². The number of Topliss-reactive ketones (excluding diaryl/α,β-unsaturated/α-hetero) is 2. The quantitative estimate of drug-likeness (QED) is 0.0773. The molecule has 3 aliphatic heterocycles. The first-order valence-corrected chi connectivity index (χ1v) is 25.9. The lowest BCUT2D eigenvalue weighted by Crippen LogP contribution is -2.62. The summed E-state index contributed by atoms with van der Waals surface area (Å²) in [6, 6.07) is 30.9. The fraction of sp³-hybridized carbons (Fsp3) is 0.424. The topological polar surface area (TPSA) is 197 Å². The van der Waals surface area contributed by atoms with Crippen molar-refractivity contribution in [3.8, 4) is 0 Å². The second-order valence-electron chi connectivity index (χ2n) is 19.3. The lowest BCUT2D eigenvalue weighted by Gasteiger charge is -2.36. The largest absolute Gasteiger partial charge is 0.388 e. The van der Waals surface area contributed by atoms with E-state index < -0.39 is 59.2 Å². The van der Waals surface area contributed by atoms with Crippen molar-refractivity contribution >= 4 is 59.5 Å².